The van der Waals surface area contributed by atoms with Crippen molar-refractivity contribution in [3.8, 4) is 18.1 Å². The Bertz CT molecular complexity index is 492. The van der Waals surface area contributed by atoms with E-state index in [9.17, 15) is 10.1 Å². The molecule has 0 amide bonds. The highest BCUT2D eigenvalue weighted by atomic mass is 16.6. The van der Waals surface area contributed by atoms with Crippen LogP contribution in [0, 0.1) is 22.5 Å². The van der Waals surface area contributed by atoms with Crippen LogP contribution >= 0.6 is 0 Å². The van der Waals surface area contributed by atoms with Crippen LogP contribution < -0.4 is 10.1 Å². The molecular weight excluding hydrogens is 244 g/mol. The topological polar surface area (TPSA) is 64.4 Å². The molecule has 0 saturated carbocycles. The summed E-state index contributed by atoms with van der Waals surface area (Å²) in [4.78, 5) is 10.8. The molecule has 102 valence electrons. The molecule has 0 aromatic heterocycles. The third-order valence-corrected chi connectivity index (χ3v) is 2.48. The molecule has 0 fully saturated rings. The average molecular weight is 262 g/mol. The van der Waals surface area contributed by atoms with E-state index in [0.29, 0.717) is 12.1 Å². The van der Waals surface area contributed by atoms with Gasteiger partial charge < -0.3 is 10.1 Å². The van der Waals surface area contributed by atoms with Gasteiger partial charge in [0, 0.05) is 0 Å². The first-order valence-corrected chi connectivity index (χ1v) is 6.16. The molecule has 0 aliphatic heterocycles. The first-order valence-electron chi connectivity index (χ1n) is 6.16. The zero-order valence-corrected chi connectivity index (χ0v) is 11.3. The Kier molecular flexibility index (Phi) is 5.19. The summed E-state index contributed by atoms with van der Waals surface area (Å²) >= 11 is 0. The van der Waals surface area contributed by atoms with Crippen molar-refractivity contribution in [1.82, 2.24) is 0 Å². The molecule has 5 nitrogen and oxygen atoms in total. The Morgan fingerprint density at radius 1 is 1.53 bits per heavy atom. The normalized spacial score (nSPS) is 11.7. The van der Waals surface area contributed by atoms with Crippen LogP contribution in [0.1, 0.15) is 27.2 Å². The van der Waals surface area contributed by atoms with Crippen LogP contribution in [0.15, 0.2) is 18.2 Å². The highest BCUT2D eigenvalue weighted by molar-refractivity contribution is 5.69. The molecule has 0 bridgehead atoms. The maximum Gasteiger partial charge on any atom is 0.333 e. The minimum Gasteiger partial charge on any atom is -0.484 e. The Morgan fingerprint density at radius 3 is 2.68 bits per heavy atom. The van der Waals surface area contributed by atoms with Crippen LogP contribution in [0.25, 0.3) is 0 Å². The fraction of sp³-hybridized carbons (Fsp3) is 0.429. The summed E-state index contributed by atoms with van der Waals surface area (Å²) in [5.74, 6) is 2.80. The Balaban J connectivity index is 3.17. The molecule has 1 aromatic rings. The van der Waals surface area contributed by atoms with Gasteiger partial charge in [0.1, 0.15) is 5.69 Å². The molecule has 0 heterocycles. The Labute approximate surface area is 113 Å². The minimum atomic E-state index is -0.455. The van der Waals surface area contributed by atoms with Gasteiger partial charge in [-0.05, 0) is 32.4 Å². The summed E-state index contributed by atoms with van der Waals surface area (Å²) in [5, 5.41) is 14.2. The summed E-state index contributed by atoms with van der Waals surface area (Å²) in [6, 6.07) is 4.68. The van der Waals surface area contributed by atoms with Crippen LogP contribution in [0.3, 0.4) is 0 Å². The van der Waals surface area contributed by atoms with Gasteiger partial charge in [-0.25, -0.2) is 0 Å². The summed E-state index contributed by atoms with van der Waals surface area (Å²) in [6.45, 7) is 5.55. The number of anilines is 1. The summed E-state index contributed by atoms with van der Waals surface area (Å²) in [5.41, 5.74) is 0.304. The van der Waals surface area contributed by atoms with Crippen molar-refractivity contribution < 1.29 is 9.66 Å². The highest BCUT2D eigenvalue weighted by Crippen LogP contribution is 2.35. The molecule has 0 aliphatic carbocycles. The summed E-state index contributed by atoms with van der Waals surface area (Å²) in [6.07, 6.45) is 5.91. The van der Waals surface area contributed by atoms with Crippen molar-refractivity contribution >= 4 is 11.4 Å². The predicted octanol–water partition coefficient (Wildman–Crippen LogP) is 3.21. The third kappa shape index (κ3) is 3.88. The van der Waals surface area contributed by atoms with Crippen molar-refractivity contribution in [3.05, 3.63) is 28.3 Å². The minimum absolute atomic E-state index is 0.0788. The monoisotopic (exact) mass is 262 g/mol. The molecule has 0 aliphatic rings. The van der Waals surface area contributed by atoms with Crippen LogP contribution in [0.4, 0.5) is 11.4 Å². The number of hydrogen-bond donors (Lipinski definition) is 1. The van der Waals surface area contributed by atoms with E-state index in [-0.39, 0.29) is 23.6 Å². The predicted molar refractivity (Wildman–Crippen MR) is 75.4 cm³/mol. The molecule has 0 spiro atoms. The number of rotatable bonds is 6. The SMILES string of the molecule is C#CC(CC)Nc1cccc(OC(C)C)c1[N+](=O)[O-]. The van der Waals surface area contributed by atoms with Crippen LogP contribution in [0.5, 0.6) is 5.75 Å². The number of para-hydroxylation sites is 1. The van der Waals surface area contributed by atoms with E-state index < -0.39 is 4.92 Å². The molecule has 1 unspecified atom stereocenters. The molecule has 1 aromatic carbocycles. The second kappa shape index (κ2) is 6.64. The van der Waals surface area contributed by atoms with Gasteiger partial charge in [-0.2, -0.15) is 0 Å². The first kappa shape index (κ1) is 14.8. The van der Waals surface area contributed by atoms with Gasteiger partial charge in [0.15, 0.2) is 5.75 Å². The van der Waals surface area contributed by atoms with E-state index >= 15 is 0 Å². The summed E-state index contributed by atoms with van der Waals surface area (Å²) in [7, 11) is 0. The third-order valence-electron chi connectivity index (χ3n) is 2.48. The van der Waals surface area contributed by atoms with Gasteiger partial charge in [0.25, 0.3) is 0 Å². The number of ether oxygens (including phenoxy) is 1. The van der Waals surface area contributed by atoms with Gasteiger partial charge in [0.2, 0.25) is 0 Å². The lowest BCUT2D eigenvalue weighted by atomic mass is 10.2. The number of nitrogens with zero attached hydrogens (tertiary/aromatic N) is 1. The molecule has 1 atom stereocenters. The van der Waals surface area contributed by atoms with Crippen LogP contribution in [0.2, 0.25) is 0 Å². The standard InChI is InChI=1S/C14H18N2O3/c1-5-11(6-2)15-12-8-7-9-13(19-10(3)4)14(12)16(17)18/h1,7-11,15H,6H2,2-4H3. The lowest BCUT2D eigenvalue weighted by Crippen LogP contribution is -2.17. The smallest absolute Gasteiger partial charge is 0.333 e. The lowest BCUT2D eigenvalue weighted by Gasteiger charge is -2.15. The van der Waals surface area contributed by atoms with Gasteiger partial charge in [-0.3, -0.25) is 10.1 Å². The largest absolute Gasteiger partial charge is 0.484 e. The van der Waals surface area contributed by atoms with Crippen molar-refractivity contribution in [2.24, 2.45) is 0 Å². The van der Waals surface area contributed by atoms with Crippen LogP contribution in [-0.2, 0) is 0 Å². The van der Waals surface area contributed by atoms with E-state index in [1.54, 1.807) is 18.2 Å². The number of terminal acetylenes is 1. The van der Waals surface area contributed by atoms with E-state index in [1.807, 2.05) is 20.8 Å². The average Bonchev–Trinajstić information content (AvgIpc) is 2.34. The summed E-state index contributed by atoms with van der Waals surface area (Å²) < 4.78 is 5.46. The van der Waals surface area contributed by atoms with E-state index in [4.69, 9.17) is 11.2 Å². The Hall–Kier alpha value is -2.22. The molecule has 19 heavy (non-hydrogen) atoms. The van der Waals surface area contributed by atoms with Gasteiger partial charge >= 0.3 is 5.69 Å². The fourth-order valence-corrected chi connectivity index (χ4v) is 1.63. The number of hydrogen-bond acceptors (Lipinski definition) is 4. The maximum atomic E-state index is 11.2. The van der Waals surface area contributed by atoms with E-state index in [0.717, 1.165) is 0 Å². The molecular formula is C14H18N2O3. The van der Waals surface area contributed by atoms with E-state index in [2.05, 4.69) is 11.2 Å². The van der Waals surface area contributed by atoms with Gasteiger partial charge in [-0.15, -0.1) is 6.42 Å². The van der Waals surface area contributed by atoms with Gasteiger partial charge in [0.05, 0.1) is 17.1 Å². The number of benzene rings is 1. The van der Waals surface area contributed by atoms with Crippen LogP contribution in [-0.4, -0.2) is 17.1 Å². The molecule has 0 saturated heterocycles. The van der Waals surface area contributed by atoms with Crippen molar-refractivity contribution in [3.63, 3.8) is 0 Å². The van der Waals surface area contributed by atoms with Crippen molar-refractivity contribution in [1.29, 1.82) is 0 Å². The molecule has 1 rings (SSSR count). The highest BCUT2D eigenvalue weighted by Gasteiger charge is 2.22. The zero-order valence-electron chi connectivity index (χ0n) is 11.3. The second-order valence-electron chi connectivity index (χ2n) is 4.35. The quantitative estimate of drug-likeness (QED) is 0.485. The fourth-order valence-electron chi connectivity index (χ4n) is 1.63. The maximum absolute atomic E-state index is 11.2. The lowest BCUT2D eigenvalue weighted by molar-refractivity contribution is -0.385. The van der Waals surface area contributed by atoms with Crippen molar-refractivity contribution in [2.75, 3.05) is 5.32 Å². The molecule has 5 heteroatoms. The second-order valence-corrected chi connectivity index (χ2v) is 4.35. The molecule has 0 radical (unpaired) electrons. The molecule has 1 N–H and O–H groups in total. The Morgan fingerprint density at radius 2 is 2.21 bits per heavy atom. The zero-order chi connectivity index (χ0) is 14.4. The van der Waals surface area contributed by atoms with E-state index in [1.165, 1.54) is 0 Å². The number of nitro groups is 1. The number of nitro benzene ring substituents is 1. The first-order chi connectivity index (χ1) is 8.99. The van der Waals surface area contributed by atoms with Crippen molar-refractivity contribution in [2.45, 2.75) is 39.3 Å². The number of nitrogens with one attached hydrogen (secondary N) is 1. The van der Waals surface area contributed by atoms with Gasteiger partial charge in [-0.1, -0.05) is 18.9 Å².